The van der Waals surface area contributed by atoms with Crippen molar-refractivity contribution >= 4 is 34.2 Å². The number of amides is 1. The van der Waals surface area contributed by atoms with Crippen LogP contribution in [0.15, 0.2) is 42.5 Å². The number of halogens is 1. The molecule has 180 valence electrons. The maximum atomic E-state index is 13.5. The summed E-state index contributed by atoms with van der Waals surface area (Å²) in [5, 5.41) is 4.69. The molecular weight excluding hydrogens is 452 g/mol. The first-order valence-corrected chi connectivity index (χ1v) is 11.6. The molecule has 1 heterocycles. The summed E-state index contributed by atoms with van der Waals surface area (Å²) in [4.78, 5) is 30.3. The van der Waals surface area contributed by atoms with Crippen LogP contribution in [-0.4, -0.2) is 29.1 Å². The molecule has 0 fully saturated rings. The minimum absolute atomic E-state index is 0.201. The van der Waals surface area contributed by atoms with Gasteiger partial charge in [-0.15, -0.1) is 0 Å². The predicted octanol–water partition coefficient (Wildman–Crippen LogP) is 6.59. The zero-order chi connectivity index (χ0) is 25.3. The molecule has 0 spiro atoms. The number of benzene rings is 2. The highest BCUT2D eigenvalue weighted by Crippen LogP contribution is 2.32. The molecule has 0 aliphatic carbocycles. The molecule has 2 aromatic carbocycles. The second kappa shape index (κ2) is 9.63. The smallest absolute Gasteiger partial charge is 0.408 e. The quantitative estimate of drug-likeness (QED) is 0.401. The summed E-state index contributed by atoms with van der Waals surface area (Å²) < 4.78 is 11.1. The number of aromatic nitrogens is 1. The number of hydrogen-bond acceptors (Lipinski definition) is 5. The lowest BCUT2D eigenvalue weighted by Crippen LogP contribution is -2.43. The van der Waals surface area contributed by atoms with Crippen molar-refractivity contribution in [3.63, 3.8) is 0 Å². The van der Waals surface area contributed by atoms with E-state index in [4.69, 9.17) is 21.1 Å². The van der Waals surface area contributed by atoms with Crippen molar-refractivity contribution in [2.45, 2.75) is 59.6 Å². The van der Waals surface area contributed by atoms with E-state index in [9.17, 15) is 9.59 Å². The third-order valence-corrected chi connectivity index (χ3v) is 5.55. The van der Waals surface area contributed by atoms with Crippen LogP contribution in [0.3, 0.4) is 0 Å². The molecule has 1 amide bonds. The van der Waals surface area contributed by atoms with Gasteiger partial charge in [0.15, 0.2) is 5.78 Å². The Balaban J connectivity index is 1.96. The van der Waals surface area contributed by atoms with Crippen LogP contribution in [0.5, 0.6) is 5.88 Å². The van der Waals surface area contributed by atoms with Gasteiger partial charge in [-0.25, -0.2) is 9.78 Å². The summed E-state index contributed by atoms with van der Waals surface area (Å²) in [6, 6.07) is 12.5. The molecule has 0 unspecified atom stereocenters. The molecule has 3 aromatic rings. The van der Waals surface area contributed by atoms with Crippen molar-refractivity contribution in [2.75, 3.05) is 6.61 Å². The van der Waals surface area contributed by atoms with E-state index in [0.717, 1.165) is 22.0 Å². The molecular formula is C27H31ClN2O4. The first kappa shape index (κ1) is 25.5. The number of rotatable bonds is 6. The van der Waals surface area contributed by atoms with Crippen LogP contribution >= 0.6 is 11.6 Å². The summed E-state index contributed by atoms with van der Waals surface area (Å²) in [6.07, 6.45) is -0.529. The Bertz CT molecular complexity index is 1250. The van der Waals surface area contributed by atoms with Crippen LogP contribution in [0.25, 0.3) is 10.8 Å². The van der Waals surface area contributed by atoms with Crippen LogP contribution in [0.1, 0.15) is 68.7 Å². The fourth-order valence-electron chi connectivity index (χ4n) is 3.68. The molecule has 1 N–H and O–H groups in total. The number of aryl methyl sites for hydroxylation is 1. The molecule has 1 aromatic heterocycles. The number of nitrogens with zero attached hydrogens (tertiary/aromatic N) is 1. The van der Waals surface area contributed by atoms with E-state index >= 15 is 0 Å². The Morgan fingerprint density at radius 3 is 2.32 bits per heavy atom. The molecule has 3 rings (SSSR count). The van der Waals surface area contributed by atoms with Crippen molar-refractivity contribution in [1.29, 1.82) is 0 Å². The molecule has 0 saturated heterocycles. The van der Waals surface area contributed by atoms with E-state index in [-0.39, 0.29) is 5.78 Å². The van der Waals surface area contributed by atoms with Gasteiger partial charge in [-0.3, -0.25) is 4.79 Å². The van der Waals surface area contributed by atoms with E-state index in [1.807, 2.05) is 45.9 Å². The number of hydrogen-bond donors (Lipinski definition) is 1. The second-order valence-electron chi connectivity index (χ2n) is 9.68. The Labute approximate surface area is 205 Å². The van der Waals surface area contributed by atoms with Gasteiger partial charge in [0.05, 0.1) is 17.2 Å². The number of nitrogens with one attached hydrogen (secondary N) is 1. The van der Waals surface area contributed by atoms with E-state index in [1.165, 1.54) is 0 Å². The summed E-state index contributed by atoms with van der Waals surface area (Å²) in [7, 11) is 0. The van der Waals surface area contributed by atoms with Crippen molar-refractivity contribution in [1.82, 2.24) is 10.3 Å². The normalized spacial score (nSPS) is 11.9. The van der Waals surface area contributed by atoms with Crippen LogP contribution in [0.4, 0.5) is 4.79 Å². The fourth-order valence-corrected chi connectivity index (χ4v) is 3.94. The SMILES string of the molecule is CCOc1nc(C)cc2c(C(=O)c3ccc(C(C)(C)NC(=O)OC(C)(C)C)cc3Cl)cccc12. The molecule has 0 bridgehead atoms. The molecule has 0 radical (unpaired) electrons. The molecule has 34 heavy (non-hydrogen) atoms. The Morgan fingerprint density at radius 2 is 1.71 bits per heavy atom. The van der Waals surface area contributed by atoms with Crippen molar-refractivity contribution in [3.05, 3.63) is 69.9 Å². The zero-order valence-corrected chi connectivity index (χ0v) is 21.5. The third kappa shape index (κ3) is 5.68. The van der Waals surface area contributed by atoms with Crippen molar-refractivity contribution in [2.24, 2.45) is 0 Å². The summed E-state index contributed by atoms with van der Waals surface area (Å²) in [5.41, 5.74) is 1.03. The van der Waals surface area contributed by atoms with Gasteiger partial charge < -0.3 is 14.8 Å². The van der Waals surface area contributed by atoms with Gasteiger partial charge in [0.25, 0.3) is 0 Å². The van der Waals surface area contributed by atoms with E-state index < -0.39 is 17.2 Å². The Hall–Kier alpha value is -3.12. The lowest BCUT2D eigenvalue weighted by Gasteiger charge is -2.29. The summed E-state index contributed by atoms with van der Waals surface area (Å²) in [6.45, 7) is 13.3. The largest absolute Gasteiger partial charge is 0.478 e. The van der Waals surface area contributed by atoms with Gasteiger partial charge in [0.2, 0.25) is 5.88 Å². The van der Waals surface area contributed by atoms with E-state index in [0.29, 0.717) is 28.6 Å². The van der Waals surface area contributed by atoms with E-state index in [1.54, 1.807) is 45.0 Å². The van der Waals surface area contributed by atoms with Crippen LogP contribution < -0.4 is 10.1 Å². The maximum Gasteiger partial charge on any atom is 0.408 e. The number of carbonyl (C=O) groups excluding carboxylic acids is 2. The zero-order valence-electron chi connectivity index (χ0n) is 20.7. The topological polar surface area (TPSA) is 77.5 Å². The van der Waals surface area contributed by atoms with Gasteiger partial charge >= 0.3 is 6.09 Å². The molecule has 0 saturated carbocycles. The first-order valence-electron chi connectivity index (χ1n) is 11.2. The highest BCUT2D eigenvalue weighted by molar-refractivity contribution is 6.35. The highest BCUT2D eigenvalue weighted by Gasteiger charge is 2.27. The van der Waals surface area contributed by atoms with E-state index in [2.05, 4.69) is 10.3 Å². The van der Waals surface area contributed by atoms with Gasteiger partial charge in [-0.05, 0) is 78.3 Å². The van der Waals surface area contributed by atoms with Gasteiger partial charge in [-0.2, -0.15) is 0 Å². The average molecular weight is 483 g/mol. The van der Waals surface area contributed by atoms with Crippen LogP contribution in [0.2, 0.25) is 5.02 Å². The highest BCUT2D eigenvalue weighted by atomic mass is 35.5. The summed E-state index contributed by atoms with van der Waals surface area (Å²) in [5.74, 6) is 0.302. The maximum absolute atomic E-state index is 13.5. The number of pyridine rings is 1. The minimum atomic E-state index is -0.762. The molecule has 0 aliphatic rings. The Morgan fingerprint density at radius 1 is 1.00 bits per heavy atom. The third-order valence-electron chi connectivity index (χ3n) is 5.24. The van der Waals surface area contributed by atoms with Crippen LogP contribution in [-0.2, 0) is 10.3 Å². The van der Waals surface area contributed by atoms with Crippen molar-refractivity contribution in [3.8, 4) is 5.88 Å². The number of fused-ring (bicyclic) bond motifs is 1. The number of alkyl carbamates (subject to hydrolysis) is 1. The molecule has 6 nitrogen and oxygen atoms in total. The summed E-state index contributed by atoms with van der Waals surface area (Å²) >= 11 is 6.58. The predicted molar refractivity (Wildman–Crippen MR) is 135 cm³/mol. The fraction of sp³-hybridized carbons (Fsp3) is 0.370. The minimum Gasteiger partial charge on any atom is -0.478 e. The Kier molecular flexibility index (Phi) is 7.22. The van der Waals surface area contributed by atoms with Gasteiger partial charge in [0, 0.05) is 27.6 Å². The molecule has 0 atom stereocenters. The monoisotopic (exact) mass is 482 g/mol. The number of ketones is 1. The average Bonchev–Trinajstić information content (AvgIpc) is 2.71. The van der Waals surface area contributed by atoms with Gasteiger partial charge in [0.1, 0.15) is 5.60 Å². The second-order valence-corrected chi connectivity index (χ2v) is 10.1. The number of carbonyl (C=O) groups is 2. The van der Waals surface area contributed by atoms with Crippen LogP contribution in [0, 0.1) is 6.92 Å². The van der Waals surface area contributed by atoms with Crippen molar-refractivity contribution < 1.29 is 19.1 Å². The van der Waals surface area contributed by atoms with Gasteiger partial charge in [-0.1, -0.05) is 29.8 Å². The first-order chi connectivity index (χ1) is 15.8. The number of ether oxygens (including phenoxy) is 2. The molecule has 0 aliphatic heterocycles. The standard InChI is InChI=1S/C27H31ClN2O4/c1-8-33-24-19-11-9-10-18(21(19)14-16(2)29-24)23(31)20-13-12-17(15-22(20)28)27(6,7)30-25(32)34-26(3,4)5/h9-15H,8H2,1-7H3,(H,30,32). The lowest BCUT2D eigenvalue weighted by atomic mass is 9.91. The molecule has 7 heteroatoms. The lowest BCUT2D eigenvalue weighted by molar-refractivity contribution is 0.0470.